The van der Waals surface area contributed by atoms with Gasteiger partial charge in [0.1, 0.15) is 23.6 Å². The van der Waals surface area contributed by atoms with Gasteiger partial charge in [0, 0.05) is 6.20 Å². The minimum Gasteiger partial charge on any atom is -0.364 e. The van der Waals surface area contributed by atoms with E-state index < -0.39 is 0 Å². The Kier molecular flexibility index (Phi) is 3.81. The summed E-state index contributed by atoms with van der Waals surface area (Å²) in [7, 11) is 0. The Balaban J connectivity index is 1.76. The Bertz CT molecular complexity index is 1030. The number of benzene rings is 1. The fraction of sp³-hybridized carbons (Fsp3) is 0.111. The van der Waals surface area contributed by atoms with Gasteiger partial charge in [0.05, 0.1) is 23.3 Å². The summed E-state index contributed by atoms with van der Waals surface area (Å²) < 4.78 is 15.7. The van der Waals surface area contributed by atoms with Gasteiger partial charge in [-0.15, -0.1) is 0 Å². The van der Waals surface area contributed by atoms with Crippen LogP contribution in [0.3, 0.4) is 0 Å². The number of hydrogen-bond donors (Lipinski definition) is 1. The van der Waals surface area contributed by atoms with Crippen molar-refractivity contribution < 1.29 is 4.39 Å². The van der Waals surface area contributed by atoms with Gasteiger partial charge in [0.15, 0.2) is 5.65 Å². The predicted molar refractivity (Wildman–Crippen MR) is 92.9 cm³/mol. The molecule has 0 bridgehead atoms. The monoisotopic (exact) mass is 334 g/mol. The lowest BCUT2D eigenvalue weighted by atomic mass is 10.2. The van der Waals surface area contributed by atoms with Gasteiger partial charge in [0.2, 0.25) is 0 Å². The highest BCUT2D eigenvalue weighted by Crippen LogP contribution is 2.26. The van der Waals surface area contributed by atoms with E-state index in [-0.39, 0.29) is 5.82 Å². The van der Waals surface area contributed by atoms with E-state index in [9.17, 15) is 4.39 Å². The second-order valence-corrected chi connectivity index (χ2v) is 5.54. The Morgan fingerprint density at radius 1 is 1.04 bits per heavy atom. The van der Waals surface area contributed by atoms with Crippen LogP contribution in [0, 0.1) is 12.7 Å². The van der Waals surface area contributed by atoms with Crippen molar-refractivity contribution in [1.29, 1.82) is 0 Å². The Morgan fingerprint density at radius 2 is 1.88 bits per heavy atom. The molecule has 0 saturated carbocycles. The zero-order valence-corrected chi connectivity index (χ0v) is 13.5. The van der Waals surface area contributed by atoms with Gasteiger partial charge in [-0.05, 0) is 31.2 Å². The van der Waals surface area contributed by atoms with Crippen molar-refractivity contribution in [1.82, 2.24) is 24.7 Å². The fourth-order valence-electron chi connectivity index (χ4n) is 2.72. The topological polar surface area (TPSA) is 68.5 Å². The van der Waals surface area contributed by atoms with Crippen molar-refractivity contribution in [2.45, 2.75) is 13.5 Å². The number of nitrogens with one attached hydrogen (secondary N) is 1. The standard InChI is InChI=1S/C18H15FN6/c1-12-16-17(21-10-13-6-4-5-9-20-13)22-11-23-18(16)25(24-12)15-8-3-2-7-14(15)19/h2-9,11H,10H2,1H3,(H,21,22,23). The summed E-state index contributed by atoms with van der Waals surface area (Å²) in [6.07, 6.45) is 3.19. The number of anilines is 1. The van der Waals surface area contributed by atoms with E-state index in [1.54, 1.807) is 24.4 Å². The zero-order valence-electron chi connectivity index (χ0n) is 13.5. The highest BCUT2D eigenvalue weighted by atomic mass is 19.1. The highest BCUT2D eigenvalue weighted by Gasteiger charge is 2.16. The Hall–Kier alpha value is -3.35. The second-order valence-electron chi connectivity index (χ2n) is 5.54. The molecule has 25 heavy (non-hydrogen) atoms. The third kappa shape index (κ3) is 2.80. The first kappa shape index (κ1) is 15.2. The van der Waals surface area contributed by atoms with Gasteiger partial charge in [-0.2, -0.15) is 5.10 Å². The molecule has 0 saturated heterocycles. The van der Waals surface area contributed by atoms with E-state index in [0.29, 0.717) is 23.7 Å². The molecule has 1 aromatic carbocycles. The first-order valence-corrected chi connectivity index (χ1v) is 7.83. The predicted octanol–water partition coefficient (Wildman–Crippen LogP) is 3.27. The van der Waals surface area contributed by atoms with Crippen molar-refractivity contribution in [3.05, 3.63) is 72.2 Å². The maximum absolute atomic E-state index is 14.2. The molecule has 3 aromatic heterocycles. The molecule has 0 atom stereocenters. The third-order valence-electron chi connectivity index (χ3n) is 3.88. The number of fused-ring (bicyclic) bond motifs is 1. The van der Waals surface area contributed by atoms with Crippen LogP contribution in [0.25, 0.3) is 16.7 Å². The average molecular weight is 334 g/mol. The molecule has 7 heteroatoms. The van der Waals surface area contributed by atoms with Crippen molar-refractivity contribution in [3.63, 3.8) is 0 Å². The number of halogens is 1. The van der Waals surface area contributed by atoms with Crippen molar-refractivity contribution in [2.24, 2.45) is 0 Å². The molecule has 0 radical (unpaired) electrons. The minimum atomic E-state index is -0.353. The molecule has 3 heterocycles. The molecule has 0 aliphatic rings. The van der Waals surface area contributed by atoms with Crippen molar-refractivity contribution in [2.75, 3.05) is 5.32 Å². The smallest absolute Gasteiger partial charge is 0.168 e. The molecule has 0 aliphatic carbocycles. The number of pyridine rings is 1. The van der Waals surface area contributed by atoms with E-state index in [1.165, 1.54) is 17.1 Å². The Morgan fingerprint density at radius 3 is 2.68 bits per heavy atom. The van der Waals surface area contributed by atoms with Crippen LogP contribution >= 0.6 is 0 Å². The average Bonchev–Trinajstić information content (AvgIpc) is 2.99. The number of aryl methyl sites for hydroxylation is 1. The number of nitrogens with zero attached hydrogens (tertiary/aromatic N) is 5. The van der Waals surface area contributed by atoms with Crippen LogP contribution in [-0.4, -0.2) is 24.7 Å². The van der Waals surface area contributed by atoms with E-state index >= 15 is 0 Å². The van der Waals surface area contributed by atoms with Gasteiger partial charge in [-0.1, -0.05) is 18.2 Å². The van der Waals surface area contributed by atoms with E-state index in [4.69, 9.17) is 0 Å². The molecular formula is C18H15FN6. The molecule has 6 nitrogen and oxygen atoms in total. The Labute approximate surface area is 143 Å². The summed E-state index contributed by atoms with van der Waals surface area (Å²) in [5.74, 6) is 0.296. The molecule has 4 rings (SSSR count). The fourth-order valence-corrected chi connectivity index (χ4v) is 2.72. The molecule has 1 N–H and O–H groups in total. The minimum absolute atomic E-state index is 0.353. The summed E-state index contributed by atoms with van der Waals surface area (Å²) in [6.45, 7) is 2.38. The van der Waals surface area contributed by atoms with Gasteiger partial charge in [0.25, 0.3) is 0 Å². The van der Waals surface area contributed by atoms with Crippen LogP contribution in [0.5, 0.6) is 0 Å². The third-order valence-corrected chi connectivity index (χ3v) is 3.88. The molecule has 124 valence electrons. The molecule has 4 aromatic rings. The number of rotatable bonds is 4. The molecule has 0 unspecified atom stereocenters. The van der Waals surface area contributed by atoms with Crippen LogP contribution < -0.4 is 5.32 Å². The molecular weight excluding hydrogens is 319 g/mol. The summed E-state index contributed by atoms with van der Waals surface area (Å²) in [5, 5.41) is 8.48. The second kappa shape index (κ2) is 6.27. The van der Waals surface area contributed by atoms with Gasteiger partial charge < -0.3 is 5.32 Å². The maximum atomic E-state index is 14.2. The largest absolute Gasteiger partial charge is 0.364 e. The maximum Gasteiger partial charge on any atom is 0.168 e. The summed E-state index contributed by atoms with van der Waals surface area (Å²) in [4.78, 5) is 12.9. The lowest BCUT2D eigenvalue weighted by Gasteiger charge is -2.07. The van der Waals surface area contributed by atoms with Gasteiger partial charge in [-0.25, -0.2) is 19.0 Å². The van der Waals surface area contributed by atoms with Crippen molar-refractivity contribution >= 4 is 16.9 Å². The highest BCUT2D eigenvalue weighted by molar-refractivity contribution is 5.90. The molecule has 0 fully saturated rings. The van der Waals surface area contributed by atoms with Gasteiger partial charge in [-0.3, -0.25) is 4.98 Å². The molecule has 0 spiro atoms. The van der Waals surface area contributed by atoms with Gasteiger partial charge >= 0.3 is 0 Å². The first-order valence-electron chi connectivity index (χ1n) is 7.83. The SMILES string of the molecule is Cc1nn(-c2ccccc2F)c2ncnc(NCc3ccccn3)c12. The first-order chi connectivity index (χ1) is 12.2. The number of hydrogen-bond acceptors (Lipinski definition) is 5. The lowest BCUT2D eigenvalue weighted by molar-refractivity contribution is 0.612. The van der Waals surface area contributed by atoms with Crippen LogP contribution in [0.15, 0.2) is 55.0 Å². The molecule has 0 aliphatic heterocycles. The van der Waals surface area contributed by atoms with Crippen LogP contribution in [0.1, 0.15) is 11.4 Å². The van der Waals surface area contributed by atoms with Crippen LogP contribution in [-0.2, 0) is 6.54 Å². The zero-order chi connectivity index (χ0) is 17.2. The number of aromatic nitrogens is 5. The normalized spacial score (nSPS) is 11.0. The van der Waals surface area contributed by atoms with Crippen LogP contribution in [0.4, 0.5) is 10.2 Å². The van der Waals surface area contributed by atoms with E-state index in [1.807, 2.05) is 25.1 Å². The van der Waals surface area contributed by atoms with E-state index in [2.05, 4.69) is 25.4 Å². The number of para-hydroxylation sites is 1. The summed E-state index contributed by atoms with van der Waals surface area (Å²) >= 11 is 0. The van der Waals surface area contributed by atoms with Crippen LogP contribution in [0.2, 0.25) is 0 Å². The molecule has 0 amide bonds. The van der Waals surface area contributed by atoms with E-state index in [0.717, 1.165) is 16.8 Å². The quantitative estimate of drug-likeness (QED) is 0.620. The lowest BCUT2D eigenvalue weighted by Crippen LogP contribution is -2.04. The summed E-state index contributed by atoms with van der Waals surface area (Å²) in [6, 6.07) is 12.2. The summed E-state index contributed by atoms with van der Waals surface area (Å²) in [5.41, 5.74) is 2.53. The van der Waals surface area contributed by atoms with Crippen molar-refractivity contribution in [3.8, 4) is 5.69 Å².